The number of fused-ring (bicyclic) bond motifs is 1. The van der Waals surface area contributed by atoms with E-state index in [2.05, 4.69) is 4.98 Å². The van der Waals surface area contributed by atoms with Crippen molar-refractivity contribution < 1.29 is 17.9 Å². The Morgan fingerprint density at radius 3 is 2.50 bits per heavy atom. The second-order valence-corrected chi connectivity index (χ2v) is 6.87. The van der Waals surface area contributed by atoms with Gasteiger partial charge in [0.05, 0.1) is 10.3 Å². The summed E-state index contributed by atoms with van der Waals surface area (Å²) in [5.41, 5.74) is 0.0185. The van der Waals surface area contributed by atoms with Crippen LogP contribution < -0.4 is 4.74 Å². The van der Waals surface area contributed by atoms with Gasteiger partial charge in [0.1, 0.15) is 10.8 Å². The highest BCUT2D eigenvalue weighted by Crippen LogP contribution is 2.34. The normalized spacial score (nSPS) is 11.8. The molecule has 0 atom stereocenters. The summed E-state index contributed by atoms with van der Waals surface area (Å²) in [4.78, 5) is 3.66. The van der Waals surface area contributed by atoms with Gasteiger partial charge in [-0.1, -0.05) is 11.6 Å². The van der Waals surface area contributed by atoms with Crippen molar-refractivity contribution in [3.8, 4) is 17.3 Å². The molecule has 3 nitrogen and oxygen atoms in total. The van der Waals surface area contributed by atoms with Crippen molar-refractivity contribution in [3.05, 3.63) is 71.0 Å². The lowest BCUT2D eigenvalue weighted by Gasteiger charge is -2.10. The molecule has 1 aromatic carbocycles. The lowest BCUT2D eigenvalue weighted by atomic mass is 10.3. The lowest BCUT2D eigenvalue weighted by Crippen LogP contribution is -2.05. The molecule has 0 aliphatic heterocycles. The van der Waals surface area contributed by atoms with Gasteiger partial charge in [-0.15, -0.1) is 11.3 Å². The molecule has 132 valence electrons. The Hall–Kier alpha value is -2.51. The first kappa shape index (κ1) is 16.9. The summed E-state index contributed by atoms with van der Waals surface area (Å²) in [6.45, 7) is 0. The fourth-order valence-corrected chi connectivity index (χ4v) is 3.46. The molecular formula is C18H10ClF3N2OS. The van der Waals surface area contributed by atoms with Gasteiger partial charge in [0.25, 0.3) is 0 Å². The zero-order valence-electron chi connectivity index (χ0n) is 13.0. The molecule has 26 heavy (non-hydrogen) atoms. The van der Waals surface area contributed by atoms with E-state index in [1.165, 1.54) is 4.70 Å². The second kappa shape index (κ2) is 6.34. The fraction of sp³-hybridized carbons (Fsp3) is 0.0556. The summed E-state index contributed by atoms with van der Waals surface area (Å²) in [5, 5.41) is 3.00. The number of rotatable bonds is 3. The van der Waals surface area contributed by atoms with E-state index in [1.807, 2.05) is 40.5 Å². The maximum absolute atomic E-state index is 12.6. The molecule has 0 saturated carbocycles. The zero-order valence-corrected chi connectivity index (χ0v) is 14.6. The van der Waals surface area contributed by atoms with Crippen molar-refractivity contribution >= 4 is 33.0 Å². The average molecular weight is 395 g/mol. The summed E-state index contributed by atoms with van der Waals surface area (Å²) < 4.78 is 46.6. The fourth-order valence-electron chi connectivity index (χ4n) is 2.46. The SMILES string of the molecule is FC(F)(F)c1cnc(Oc2ccc(-n3cc4ccsc4c3)cc2)c(Cl)c1. The molecule has 0 saturated heterocycles. The van der Waals surface area contributed by atoms with Crippen LogP contribution in [0.4, 0.5) is 13.2 Å². The van der Waals surface area contributed by atoms with Crippen molar-refractivity contribution in [2.75, 3.05) is 0 Å². The predicted molar refractivity (Wildman–Crippen MR) is 95.5 cm³/mol. The number of benzene rings is 1. The van der Waals surface area contributed by atoms with Crippen LogP contribution in [-0.2, 0) is 6.18 Å². The summed E-state index contributed by atoms with van der Waals surface area (Å²) in [6.07, 6.45) is 0.254. The Labute approximate surface area is 155 Å². The van der Waals surface area contributed by atoms with Gasteiger partial charge < -0.3 is 9.30 Å². The van der Waals surface area contributed by atoms with E-state index in [0.717, 1.165) is 17.1 Å². The van der Waals surface area contributed by atoms with Crippen molar-refractivity contribution in [3.63, 3.8) is 0 Å². The topological polar surface area (TPSA) is 27.1 Å². The molecular weight excluding hydrogens is 385 g/mol. The molecule has 0 radical (unpaired) electrons. The molecule has 4 rings (SSSR count). The number of thiophene rings is 1. The van der Waals surface area contributed by atoms with Crippen LogP contribution in [-0.4, -0.2) is 9.55 Å². The van der Waals surface area contributed by atoms with Crippen LogP contribution in [0.5, 0.6) is 11.6 Å². The first-order valence-corrected chi connectivity index (χ1v) is 8.72. The first-order valence-electron chi connectivity index (χ1n) is 7.46. The quantitative estimate of drug-likeness (QED) is 0.394. The monoisotopic (exact) mass is 394 g/mol. The van der Waals surface area contributed by atoms with Crippen LogP contribution >= 0.6 is 22.9 Å². The highest BCUT2D eigenvalue weighted by Gasteiger charge is 2.31. The average Bonchev–Trinajstić information content (AvgIpc) is 3.18. The Bertz CT molecular complexity index is 1040. The minimum atomic E-state index is -4.50. The van der Waals surface area contributed by atoms with Gasteiger partial charge in [-0.3, -0.25) is 0 Å². The Kier molecular flexibility index (Phi) is 4.13. The minimum Gasteiger partial charge on any atom is -0.438 e. The summed E-state index contributed by atoms with van der Waals surface area (Å²) >= 11 is 7.52. The largest absolute Gasteiger partial charge is 0.438 e. The molecule has 4 aromatic rings. The second-order valence-electron chi connectivity index (χ2n) is 5.51. The standard InChI is InChI=1S/C18H10ClF3N2OS/c19-15-7-12(18(20,21)22)8-23-17(15)25-14-3-1-13(2-4-14)24-9-11-5-6-26-16(11)10-24/h1-10H. The van der Waals surface area contributed by atoms with Crippen LogP contribution in [0.3, 0.4) is 0 Å². The van der Waals surface area contributed by atoms with E-state index < -0.39 is 11.7 Å². The molecule has 0 bridgehead atoms. The third kappa shape index (κ3) is 3.27. The molecule has 0 N–H and O–H groups in total. The van der Waals surface area contributed by atoms with Crippen LogP contribution in [0.15, 0.2) is 60.4 Å². The maximum Gasteiger partial charge on any atom is 0.417 e. The van der Waals surface area contributed by atoms with E-state index in [9.17, 15) is 13.2 Å². The Morgan fingerprint density at radius 2 is 1.85 bits per heavy atom. The molecule has 8 heteroatoms. The number of hydrogen-bond acceptors (Lipinski definition) is 3. The highest BCUT2D eigenvalue weighted by atomic mass is 35.5. The van der Waals surface area contributed by atoms with Gasteiger partial charge in [0.2, 0.25) is 5.88 Å². The van der Waals surface area contributed by atoms with Crippen molar-refractivity contribution in [1.82, 2.24) is 9.55 Å². The summed E-state index contributed by atoms with van der Waals surface area (Å²) in [6, 6.07) is 9.95. The number of alkyl halides is 3. The Balaban J connectivity index is 1.55. The maximum atomic E-state index is 12.6. The van der Waals surface area contributed by atoms with E-state index in [0.29, 0.717) is 11.9 Å². The van der Waals surface area contributed by atoms with E-state index in [1.54, 1.807) is 23.5 Å². The van der Waals surface area contributed by atoms with Gasteiger partial charge in [-0.2, -0.15) is 13.2 Å². The van der Waals surface area contributed by atoms with Crippen molar-refractivity contribution in [2.45, 2.75) is 6.18 Å². The van der Waals surface area contributed by atoms with Gasteiger partial charge in [0.15, 0.2) is 0 Å². The van der Waals surface area contributed by atoms with E-state index in [-0.39, 0.29) is 10.9 Å². The molecule has 0 aliphatic carbocycles. The van der Waals surface area contributed by atoms with Gasteiger partial charge in [-0.05, 0) is 41.8 Å². The summed E-state index contributed by atoms with van der Waals surface area (Å²) in [7, 11) is 0. The van der Waals surface area contributed by atoms with Crippen molar-refractivity contribution in [1.29, 1.82) is 0 Å². The zero-order chi connectivity index (χ0) is 18.3. The molecule has 0 amide bonds. The van der Waals surface area contributed by atoms with Crippen LogP contribution in [0.1, 0.15) is 5.56 Å². The third-order valence-electron chi connectivity index (χ3n) is 3.75. The van der Waals surface area contributed by atoms with Gasteiger partial charge >= 0.3 is 6.18 Å². The third-order valence-corrected chi connectivity index (χ3v) is 4.88. The summed E-state index contributed by atoms with van der Waals surface area (Å²) in [5.74, 6) is 0.353. The van der Waals surface area contributed by atoms with Crippen LogP contribution in [0, 0.1) is 0 Å². The lowest BCUT2D eigenvalue weighted by molar-refractivity contribution is -0.137. The van der Waals surface area contributed by atoms with E-state index >= 15 is 0 Å². The van der Waals surface area contributed by atoms with E-state index in [4.69, 9.17) is 16.3 Å². The number of pyridine rings is 1. The molecule has 0 spiro atoms. The smallest absolute Gasteiger partial charge is 0.417 e. The molecule has 0 fully saturated rings. The number of aromatic nitrogens is 2. The predicted octanol–water partition coefficient (Wildman–Crippen LogP) is 6.55. The molecule has 3 aromatic heterocycles. The Morgan fingerprint density at radius 1 is 1.08 bits per heavy atom. The van der Waals surface area contributed by atoms with Gasteiger partial charge in [-0.25, -0.2) is 4.98 Å². The molecule has 3 heterocycles. The number of nitrogens with zero attached hydrogens (tertiary/aromatic N) is 2. The van der Waals surface area contributed by atoms with Crippen LogP contribution in [0.2, 0.25) is 5.02 Å². The first-order chi connectivity index (χ1) is 12.4. The minimum absolute atomic E-state index is 0.0751. The molecule has 0 aliphatic rings. The number of ether oxygens (including phenoxy) is 1. The van der Waals surface area contributed by atoms with Crippen molar-refractivity contribution in [2.24, 2.45) is 0 Å². The van der Waals surface area contributed by atoms with Crippen LogP contribution in [0.25, 0.3) is 15.8 Å². The van der Waals surface area contributed by atoms with Gasteiger partial charge in [0, 0.05) is 29.7 Å². The molecule has 0 unspecified atom stereocenters. The number of hydrogen-bond donors (Lipinski definition) is 0. The number of halogens is 4. The highest BCUT2D eigenvalue weighted by molar-refractivity contribution is 7.17.